The molecule has 0 radical (unpaired) electrons. The van der Waals surface area contributed by atoms with Gasteiger partial charge in [-0.2, -0.15) is 0 Å². The number of aromatic nitrogens is 1. The molecule has 0 unspecified atom stereocenters. The Balaban J connectivity index is 3.27. The van der Waals surface area contributed by atoms with Crippen molar-refractivity contribution in [2.75, 3.05) is 7.11 Å². The average molecular weight is 301 g/mol. The quantitative estimate of drug-likeness (QED) is 0.853. The second-order valence-corrected chi connectivity index (χ2v) is 3.34. The van der Waals surface area contributed by atoms with Crippen LogP contribution in [0.15, 0.2) is 6.20 Å². The first-order valence-corrected chi connectivity index (χ1v) is 4.35. The zero-order valence-corrected chi connectivity index (χ0v) is 8.75. The van der Waals surface area contributed by atoms with Crippen LogP contribution in [0, 0.1) is 3.57 Å². The van der Waals surface area contributed by atoms with Crippen LogP contribution in [-0.4, -0.2) is 17.2 Å². The molecule has 0 bridgehead atoms. The Hall–Kier alpha value is -0.660. The lowest BCUT2D eigenvalue weighted by atomic mass is 10.3. The summed E-state index contributed by atoms with van der Waals surface area (Å²) in [6.07, 6.45) is -1.58. The first-order chi connectivity index (χ1) is 6.07. The van der Waals surface area contributed by atoms with Gasteiger partial charge in [0.15, 0.2) is 17.2 Å². The summed E-state index contributed by atoms with van der Waals surface area (Å²) in [5, 5.41) is 9.27. The predicted molar refractivity (Wildman–Crippen MR) is 50.1 cm³/mol. The number of rotatable bonds is 2. The van der Waals surface area contributed by atoms with Gasteiger partial charge < -0.3 is 9.84 Å². The highest BCUT2D eigenvalue weighted by molar-refractivity contribution is 14.1. The van der Waals surface area contributed by atoms with Crippen molar-refractivity contribution in [1.82, 2.24) is 4.98 Å². The molecule has 13 heavy (non-hydrogen) atoms. The molecule has 0 aliphatic heterocycles. The molecular formula is C7H6F2INO2. The van der Waals surface area contributed by atoms with Gasteiger partial charge in [-0.3, -0.25) is 0 Å². The lowest BCUT2D eigenvalue weighted by Crippen LogP contribution is -1.96. The molecule has 1 aromatic rings. The molecular weight excluding hydrogens is 295 g/mol. The molecule has 0 saturated carbocycles. The molecule has 0 aliphatic rings. The Labute approximate surface area is 86.9 Å². The minimum atomic E-state index is -2.80. The number of aromatic hydroxyl groups is 1. The Morgan fingerprint density at radius 2 is 2.23 bits per heavy atom. The van der Waals surface area contributed by atoms with Gasteiger partial charge in [-0.15, -0.1) is 0 Å². The third kappa shape index (κ3) is 1.98. The van der Waals surface area contributed by atoms with Crippen molar-refractivity contribution >= 4 is 22.6 Å². The van der Waals surface area contributed by atoms with Crippen molar-refractivity contribution in [3.8, 4) is 11.5 Å². The van der Waals surface area contributed by atoms with E-state index in [0.717, 1.165) is 0 Å². The molecule has 0 aliphatic carbocycles. The Kier molecular flexibility index (Phi) is 3.23. The number of methoxy groups -OCH3 is 1. The second kappa shape index (κ2) is 4.03. The molecule has 6 heteroatoms. The van der Waals surface area contributed by atoms with Gasteiger partial charge in [-0.25, -0.2) is 13.8 Å². The van der Waals surface area contributed by atoms with Crippen molar-refractivity contribution in [3.63, 3.8) is 0 Å². The van der Waals surface area contributed by atoms with E-state index in [-0.39, 0.29) is 5.75 Å². The zero-order chi connectivity index (χ0) is 10.0. The van der Waals surface area contributed by atoms with E-state index in [2.05, 4.69) is 4.98 Å². The van der Waals surface area contributed by atoms with Crippen LogP contribution in [0.1, 0.15) is 12.1 Å². The lowest BCUT2D eigenvalue weighted by molar-refractivity contribution is 0.141. The van der Waals surface area contributed by atoms with E-state index in [9.17, 15) is 13.9 Å². The molecule has 1 N–H and O–H groups in total. The highest BCUT2D eigenvalue weighted by Crippen LogP contribution is 2.37. The summed E-state index contributed by atoms with van der Waals surface area (Å²) in [5.74, 6) is -0.560. The maximum atomic E-state index is 12.2. The summed E-state index contributed by atoms with van der Waals surface area (Å²) < 4.78 is 29.6. The van der Waals surface area contributed by atoms with Gasteiger partial charge in [0.1, 0.15) is 0 Å². The average Bonchev–Trinajstić information content (AvgIpc) is 2.04. The summed E-state index contributed by atoms with van der Waals surface area (Å²) in [4.78, 5) is 3.40. The summed E-state index contributed by atoms with van der Waals surface area (Å²) in [6, 6.07) is 0. The molecule has 1 heterocycles. The molecule has 0 saturated heterocycles. The van der Waals surface area contributed by atoms with Crippen LogP contribution in [0.5, 0.6) is 11.5 Å². The molecule has 72 valence electrons. The molecule has 1 rings (SSSR count). The van der Waals surface area contributed by atoms with E-state index >= 15 is 0 Å². The summed E-state index contributed by atoms with van der Waals surface area (Å²) >= 11 is 1.83. The van der Waals surface area contributed by atoms with Crippen LogP contribution in [-0.2, 0) is 0 Å². The van der Waals surface area contributed by atoms with Gasteiger partial charge in [0.25, 0.3) is 6.43 Å². The van der Waals surface area contributed by atoms with Crippen molar-refractivity contribution in [2.45, 2.75) is 6.43 Å². The van der Waals surface area contributed by atoms with Crippen molar-refractivity contribution < 1.29 is 18.6 Å². The molecule has 0 amide bonds. The SMILES string of the molecule is COc1c(I)cnc(C(F)F)c1O. The Morgan fingerprint density at radius 3 is 2.69 bits per heavy atom. The maximum Gasteiger partial charge on any atom is 0.284 e. The third-order valence-electron chi connectivity index (χ3n) is 1.40. The van der Waals surface area contributed by atoms with Gasteiger partial charge >= 0.3 is 0 Å². The standard InChI is InChI=1S/C7H6F2INO2/c1-13-6-3(10)2-11-4(5(6)12)7(8)9/h2,7,12H,1H3. The first-order valence-electron chi connectivity index (χ1n) is 3.27. The smallest absolute Gasteiger partial charge is 0.284 e. The number of hydrogen-bond donors (Lipinski definition) is 1. The topological polar surface area (TPSA) is 42.4 Å². The van der Waals surface area contributed by atoms with Gasteiger partial charge in [-0.05, 0) is 22.6 Å². The van der Waals surface area contributed by atoms with Crippen LogP contribution < -0.4 is 4.74 Å². The number of nitrogens with zero attached hydrogens (tertiary/aromatic N) is 1. The largest absolute Gasteiger partial charge is 0.503 e. The normalized spacial score (nSPS) is 10.5. The predicted octanol–water partition coefficient (Wildman–Crippen LogP) is 2.34. The monoisotopic (exact) mass is 301 g/mol. The Morgan fingerprint density at radius 1 is 1.62 bits per heavy atom. The number of ether oxygens (including phenoxy) is 1. The van der Waals surface area contributed by atoms with Crippen LogP contribution in [0.4, 0.5) is 8.78 Å². The van der Waals surface area contributed by atoms with Crippen LogP contribution in [0.2, 0.25) is 0 Å². The molecule has 0 fully saturated rings. The molecule has 0 atom stereocenters. The second-order valence-electron chi connectivity index (χ2n) is 2.17. The highest BCUT2D eigenvalue weighted by atomic mass is 127. The minimum absolute atomic E-state index is 0.0332. The molecule has 0 spiro atoms. The van der Waals surface area contributed by atoms with E-state index in [1.807, 2.05) is 22.6 Å². The molecule has 3 nitrogen and oxygen atoms in total. The number of alkyl halides is 2. The fraction of sp³-hybridized carbons (Fsp3) is 0.286. The number of pyridine rings is 1. The van der Waals surface area contributed by atoms with Crippen LogP contribution >= 0.6 is 22.6 Å². The summed E-state index contributed by atoms with van der Waals surface area (Å²) in [6.45, 7) is 0. The van der Waals surface area contributed by atoms with Gasteiger partial charge in [-0.1, -0.05) is 0 Å². The highest BCUT2D eigenvalue weighted by Gasteiger charge is 2.20. The Bertz CT molecular complexity index is 320. The molecule has 0 aromatic carbocycles. The molecule has 1 aromatic heterocycles. The van der Waals surface area contributed by atoms with Crippen molar-refractivity contribution in [2.24, 2.45) is 0 Å². The van der Waals surface area contributed by atoms with E-state index in [1.165, 1.54) is 13.3 Å². The number of hydrogen-bond acceptors (Lipinski definition) is 3. The van der Waals surface area contributed by atoms with Crippen molar-refractivity contribution in [1.29, 1.82) is 0 Å². The van der Waals surface area contributed by atoms with E-state index in [0.29, 0.717) is 3.57 Å². The maximum absolute atomic E-state index is 12.2. The van der Waals surface area contributed by atoms with E-state index in [1.54, 1.807) is 0 Å². The van der Waals surface area contributed by atoms with Crippen LogP contribution in [0.25, 0.3) is 0 Å². The summed E-state index contributed by atoms with van der Waals surface area (Å²) in [5.41, 5.74) is -0.655. The lowest BCUT2D eigenvalue weighted by Gasteiger charge is -2.08. The van der Waals surface area contributed by atoms with E-state index in [4.69, 9.17) is 4.74 Å². The fourth-order valence-corrected chi connectivity index (χ4v) is 1.44. The van der Waals surface area contributed by atoms with E-state index < -0.39 is 17.9 Å². The minimum Gasteiger partial charge on any atom is -0.503 e. The van der Waals surface area contributed by atoms with Crippen LogP contribution in [0.3, 0.4) is 0 Å². The van der Waals surface area contributed by atoms with Gasteiger partial charge in [0, 0.05) is 6.20 Å². The summed E-state index contributed by atoms with van der Waals surface area (Å²) in [7, 11) is 1.30. The fourth-order valence-electron chi connectivity index (χ4n) is 0.829. The zero-order valence-electron chi connectivity index (χ0n) is 6.59. The van der Waals surface area contributed by atoms with Gasteiger partial charge in [0.2, 0.25) is 0 Å². The third-order valence-corrected chi connectivity index (χ3v) is 2.17. The van der Waals surface area contributed by atoms with Crippen molar-refractivity contribution in [3.05, 3.63) is 15.5 Å². The first kappa shape index (κ1) is 10.4. The number of halogens is 3. The van der Waals surface area contributed by atoms with Gasteiger partial charge in [0.05, 0.1) is 10.7 Å².